The molecule has 2 heterocycles. The second kappa shape index (κ2) is 4.75. The number of hydrogen-bond donors (Lipinski definition) is 1. The van der Waals surface area contributed by atoms with Crippen LogP contribution >= 0.6 is 0 Å². The number of aromatic nitrogens is 2. The Morgan fingerprint density at radius 1 is 1.19 bits per heavy atom. The minimum Gasteiger partial charge on any atom is -0.370 e. The largest absolute Gasteiger partial charge is 0.370 e. The van der Waals surface area contributed by atoms with Crippen LogP contribution in [0.2, 0.25) is 0 Å². The van der Waals surface area contributed by atoms with Gasteiger partial charge in [0.15, 0.2) is 0 Å². The lowest BCUT2D eigenvalue weighted by Crippen LogP contribution is -1.99. The Hall–Kier alpha value is -1.90. The topological polar surface area (TPSA) is 37.8 Å². The molecule has 0 aliphatic carbocycles. The lowest BCUT2D eigenvalue weighted by molar-refractivity contribution is 1.15. The molecule has 16 heavy (non-hydrogen) atoms. The van der Waals surface area contributed by atoms with Crippen LogP contribution in [0.5, 0.6) is 0 Å². The molecule has 0 saturated heterocycles. The minimum atomic E-state index is 0.878. The van der Waals surface area contributed by atoms with Crippen LogP contribution in [0, 0.1) is 6.92 Å². The van der Waals surface area contributed by atoms with Gasteiger partial charge in [-0.15, -0.1) is 0 Å². The van der Waals surface area contributed by atoms with Crippen molar-refractivity contribution in [3.8, 4) is 11.3 Å². The third-order valence-corrected chi connectivity index (χ3v) is 2.31. The van der Waals surface area contributed by atoms with E-state index in [4.69, 9.17) is 0 Å². The van der Waals surface area contributed by atoms with Crippen molar-refractivity contribution in [1.82, 2.24) is 9.97 Å². The molecule has 82 valence electrons. The van der Waals surface area contributed by atoms with Crippen molar-refractivity contribution >= 4 is 5.82 Å². The number of nitrogens with one attached hydrogen (secondary N) is 1. The van der Waals surface area contributed by atoms with Gasteiger partial charge in [0, 0.05) is 24.0 Å². The standard InChI is InChI=1S/C13H15N3/c1-3-14-13-6-4-5-12(16-13)11-8-7-10(2)15-9-11/h4-9H,3H2,1-2H3,(H,14,16). The highest BCUT2D eigenvalue weighted by molar-refractivity contribution is 5.60. The summed E-state index contributed by atoms with van der Waals surface area (Å²) in [5.74, 6) is 0.903. The van der Waals surface area contributed by atoms with Crippen LogP contribution in [0.25, 0.3) is 11.3 Å². The van der Waals surface area contributed by atoms with Crippen LogP contribution in [-0.2, 0) is 0 Å². The fourth-order valence-electron chi connectivity index (χ4n) is 1.49. The van der Waals surface area contributed by atoms with Gasteiger partial charge in [-0.2, -0.15) is 0 Å². The van der Waals surface area contributed by atoms with Crippen molar-refractivity contribution in [3.63, 3.8) is 0 Å². The molecule has 3 heteroatoms. The Kier molecular flexibility index (Phi) is 3.15. The average Bonchev–Trinajstić information content (AvgIpc) is 2.31. The van der Waals surface area contributed by atoms with E-state index >= 15 is 0 Å². The monoisotopic (exact) mass is 213 g/mol. The summed E-state index contributed by atoms with van der Waals surface area (Å²) in [7, 11) is 0. The first-order chi connectivity index (χ1) is 7.79. The highest BCUT2D eigenvalue weighted by atomic mass is 15.0. The molecule has 2 aromatic heterocycles. The molecule has 0 spiro atoms. The van der Waals surface area contributed by atoms with Crippen LogP contribution in [-0.4, -0.2) is 16.5 Å². The molecule has 2 rings (SSSR count). The zero-order valence-electron chi connectivity index (χ0n) is 9.57. The Balaban J connectivity index is 2.32. The highest BCUT2D eigenvalue weighted by Crippen LogP contribution is 2.17. The fraction of sp³-hybridized carbons (Fsp3) is 0.231. The highest BCUT2D eigenvalue weighted by Gasteiger charge is 2.00. The SMILES string of the molecule is CCNc1cccc(-c2ccc(C)nc2)n1. The summed E-state index contributed by atoms with van der Waals surface area (Å²) in [5.41, 5.74) is 3.02. The normalized spacial score (nSPS) is 10.1. The first-order valence-corrected chi connectivity index (χ1v) is 5.43. The third kappa shape index (κ3) is 2.37. The second-order valence-corrected chi connectivity index (χ2v) is 3.63. The number of hydrogen-bond acceptors (Lipinski definition) is 3. The van der Waals surface area contributed by atoms with E-state index in [-0.39, 0.29) is 0 Å². The lowest BCUT2D eigenvalue weighted by Gasteiger charge is -2.05. The van der Waals surface area contributed by atoms with Crippen LogP contribution in [0.15, 0.2) is 36.5 Å². The van der Waals surface area contributed by atoms with E-state index in [1.165, 1.54) is 0 Å². The van der Waals surface area contributed by atoms with Crippen molar-refractivity contribution < 1.29 is 0 Å². The smallest absolute Gasteiger partial charge is 0.126 e. The van der Waals surface area contributed by atoms with Gasteiger partial charge < -0.3 is 5.32 Å². The summed E-state index contributed by atoms with van der Waals surface area (Å²) in [6.07, 6.45) is 1.85. The average molecular weight is 213 g/mol. The van der Waals surface area contributed by atoms with Gasteiger partial charge in [0.25, 0.3) is 0 Å². The van der Waals surface area contributed by atoms with Gasteiger partial charge in [-0.3, -0.25) is 4.98 Å². The van der Waals surface area contributed by atoms with Crippen molar-refractivity contribution in [1.29, 1.82) is 0 Å². The van der Waals surface area contributed by atoms with Crippen LogP contribution in [0.1, 0.15) is 12.6 Å². The fourth-order valence-corrected chi connectivity index (χ4v) is 1.49. The van der Waals surface area contributed by atoms with Crippen molar-refractivity contribution in [2.75, 3.05) is 11.9 Å². The van der Waals surface area contributed by atoms with Gasteiger partial charge in [0.1, 0.15) is 5.82 Å². The van der Waals surface area contributed by atoms with Gasteiger partial charge in [-0.1, -0.05) is 6.07 Å². The maximum absolute atomic E-state index is 4.51. The number of aryl methyl sites for hydroxylation is 1. The van der Waals surface area contributed by atoms with E-state index in [0.717, 1.165) is 29.3 Å². The lowest BCUT2D eigenvalue weighted by atomic mass is 10.2. The zero-order chi connectivity index (χ0) is 11.4. The molecule has 0 aromatic carbocycles. The second-order valence-electron chi connectivity index (χ2n) is 3.63. The van der Waals surface area contributed by atoms with Crippen LogP contribution < -0.4 is 5.32 Å². The predicted octanol–water partition coefficient (Wildman–Crippen LogP) is 2.88. The molecular formula is C13H15N3. The first-order valence-electron chi connectivity index (χ1n) is 5.43. The molecule has 2 aromatic rings. The molecule has 0 saturated carbocycles. The van der Waals surface area contributed by atoms with E-state index in [9.17, 15) is 0 Å². The van der Waals surface area contributed by atoms with Gasteiger partial charge in [0.05, 0.1) is 5.69 Å². The molecular weight excluding hydrogens is 198 g/mol. The molecule has 0 bridgehead atoms. The molecule has 0 unspecified atom stereocenters. The third-order valence-electron chi connectivity index (χ3n) is 2.31. The van der Waals surface area contributed by atoms with Gasteiger partial charge >= 0.3 is 0 Å². The molecule has 0 aliphatic rings. The van der Waals surface area contributed by atoms with Crippen molar-refractivity contribution in [2.45, 2.75) is 13.8 Å². The predicted molar refractivity (Wildman–Crippen MR) is 66.4 cm³/mol. The molecule has 3 nitrogen and oxygen atoms in total. The van der Waals surface area contributed by atoms with E-state index < -0.39 is 0 Å². The van der Waals surface area contributed by atoms with E-state index in [0.29, 0.717) is 0 Å². The number of pyridine rings is 2. The van der Waals surface area contributed by atoms with Crippen LogP contribution in [0.3, 0.4) is 0 Å². The Morgan fingerprint density at radius 3 is 2.75 bits per heavy atom. The van der Waals surface area contributed by atoms with Gasteiger partial charge in [-0.25, -0.2) is 4.98 Å². The van der Waals surface area contributed by atoms with Crippen molar-refractivity contribution in [3.05, 3.63) is 42.2 Å². The first kappa shape index (κ1) is 10.6. The molecule has 0 radical (unpaired) electrons. The van der Waals surface area contributed by atoms with Crippen LogP contribution in [0.4, 0.5) is 5.82 Å². The Morgan fingerprint density at radius 2 is 2.06 bits per heavy atom. The van der Waals surface area contributed by atoms with E-state index in [2.05, 4.69) is 22.2 Å². The molecule has 1 N–H and O–H groups in total. The summed E-state index contributed by atoms with van der Waals surface area (Å²) < 4.78 is 0. The van der Waals surface area contributed by atoms with Gasteiger partial charge in [-0.05, 0) is 38.1 Å². The summed E-state index contributed by atoms with van der Waals surface area (Å²) in [4.78, 5) is 8.78. The molecule has 0 fully saturated rings. The summed E-state index contributed by atoms with van der Waals surface area (Å²) >= 11 is 0. The van der Waals surface area contributed by atoms with Gasteiger partial charge in [0.2, 0.25) is 0 Å². The quantitative estimate of drug-likeness (QED) is 0.851. The molecule has 0 atom stereocenters. The van der Waals surface area contributed by atoms with E-state index in [1.807, 2.05) is 43.5 Å². The van der Waals surface area contributed by atoms with E-state index in [1.54, 1.807) is 0 Å². The van der Waals surface area contributed by atoms with Crippen molar-refractivity contribution in [2.24, 2.45) is 0 Å². The maximum atomic E-state index is 4.51. The number of rotatable bonds is 3. The summed E-state index contributed by atoms with van der Waals surface area (Å²) in [6, 6.07) is 10.00. The zero-order valence-corrected chi connectivity index (χ0v) is 9.57. The number of nitrogens with zero attached hydrogens (tertiary/aromatic N) is 2. The Bertz CT molecular complexity index is 463. The maximum Gasteiger partial charge on any atom is 0.126 e. The Labute approximate surface area is 95.6 Å². The summed E-state index contributed by atoms with van der Waals surface area (Å²) in [5, 5.41) is 3.20. The molecule has 0 aliphatic heterocycles. The summed E-state index contributed by atoms with van der Waals surface area (Å²) in [6.45, 7) is 4.91. The minimum absolute atomic E-state index is 0.878. The molecule has 0 amide bonds. The number of anilines is 1.